The maximum absolute atomic E-state index is 12.6. The molecule has 1 aliphatic rings. The van der Waals surface area contributed by atoms with E-state index in [9.17, 15) is 14.9 Å². The Morgan fingerprint density at radius 3 is 2.48 bits per heavy atom. The summed E-state index contributed by atoms with van der Waals surface area (Å²) in [6, 6.07) is 11.8. The SMILES string of the molecule is O=C(Nc1cccc(Oc2ncccn2)c1)N1CCN(c2ccc([N+](=O)[O-])nc2)CC1. The summed E-state index contributed by atoms with van der Waals surface area (Å²) in [5, 5.41) is 13.6. The molecule has 31 heavy (non-hydrogen) atoms. The number of ether oxygens (including phenoxy) is 1. The standard InChI is InChI=1S/C20H19N7O4/c28-20(24-15-3-1-4-17(13-15)31-19-21-7-2-8-22-19)26-11-9-25(10-12-26)16-5-6-18(23-14-16)27(29)30/h1-8,13-14H,9-12H2,(H,24,28). The Morgan fingerprint density at radius 1 is 1.03 bits per heavy atom. The lowest BCUT2D eigenvalue weighted by atomic mass is 10.2. The van der Waals surface area contributed by atoms with Gasteiger partial charge in [-0.25, -0.2) is 14.8 Å². The van der Waals surface area contributed by atoms with Gasteiger partial charge in [-0.2, -0.15) is 0 Å². The molecule has 0 bridgehead atoms. The highest BCUT2D eigenvalue weighted by molar-refractivity contribution is 5.89. The Hall–Kier alpha value is -4.28. The van der Waals surface area contributed by atoms with Gasteiger partial charge >= 0.3 is 17.9 Å². The number of hydrogen-bond donors (Lipinski definition) is 1. The molecule has 4 rings (SSSR count). The largest absolute Gasteiger partial charge is 0.424 e. The van der Waals surface area contributed by atoms with Gasteiger partial charge in [0.15, 0.2) is 6.20 Å². The fourth-order valence-electron chi connectivity index (χ4n) is 3.12. The quantitative estimate of drug-likeness (QED) is 0.492. The molecule has 1 fully saturated rings. The summed E-state index contributed by atoms with van der Waals surface area (Å²) < 4.78 is 5.59. The van der Waals surface area contributed by atoms with Crippen molar-refractivity contribution in [1.82, 2.24) is 19.9 Å². The van der Waals surface area contributed by atoms with E-state index in [1.165, 1.54) is 12.3 Å². The molecule has 0 atom stereocenters. The number of hydrogen-bond acceptors (Lipinski definition) is 8. The smallest absolute Gasteiger partial charge is 0.363 e. The van der Waals surface area contributed by atoms with Crippen molar-refractivity contribution in [3.05, 3.63) is 71.2 Å². The summed E-state index contributed by atoms with van der Waals surface area (Å²) in [5.74, 6) is 0.325. The third kappa shape index (κ3) is 5.01. The van der Waals surface area contributed by atoms with Crippen molar-refractivity contribution in [2.75, 3.05) is 36.4 Å². The molecule has 3 heterocycles. The molecule has 158 valence electrons. The van der Waals surface area contributed by atoms with E-state index in [0.29, 0.717) is 37.6 Å². The van der Waals surface area contributed by atoms with Crippen LogP contribution in [0.15, 0.2) is 61.1 Å². The van der Waals surface area contributed by atoms with Crippen molar-refractivity contribution in [3.63, 3.8) is 0 Å². The second-order valence-electron chi connectivity index (χ2n) is 6.70. The van der Waals surface area contributed by atoms with Crippen LogP contribution in [0.1, 0.15) is 0 Å². The van der Waals surface area contributed by atoms with Crippen LogP contribution in [0.2, 0.25) is 0 Å². The maximum Gasteiger partial charge on any atom is 0.363 e. The first-order chi connectivity index (χ1) is 15.1. The minimum Gasteiger partial charge on any atom is -0.424 e. The average Bonchev–Trinajstić information content (AvgIpc) is 2.80. The normalized spacial score (nSPS) is 13.5. The zero-order valence-electron chi connectivity index (χ0n) is 16.4. The second kappa shape index (κ2) is 9.03. The molecule has 2 aromatic heterocycles. The van der Waals surface area contributed by atoms with Crippen molar-refractivity contribution < 1.29 is 14.5 Å². The van der Waals surface area contributed by atoms with Crippen LogP contribution in [0.4, 0.5) is 22.0 Å². The Kier molecular flexibility index (Phi) is 5.83. The number of amides is 2. The van der Waals surface area contributed by atoms with Gasteiger partial charge in [0, 0.05) is 56.4 Å². The number of benzene rings is 1. The number of pyridine rings is 1. The molecule has 0 unspecified atom stereocenters. The van der Waals surface area contributed by atoms with Crippen LogP contribution in [0.25, 0.3) is 0 Å². The zero-order chi connectivity index (χ0) is 21.6. The highest BCUT2D eigenvalue weighted by Gasteiger charge is 2.22. The second-order valence-corrected chi connectivity index (χ2v) is 6.70. The third-order valence-electron chi connectivity index (χ3n) is 4.69. The van der Waals surface area contributed by atoms with Gasteiger partial charge in [0.1, 0.15) is 5.75 Å². The van der Waals surface area contributed by atoms with E-state index in [-0.39, 0.29) is 17.9 Å². The van der Waals surface area contributed by atoms with E-state index in [1.807, 2.05) is 4.90 Å². The topological polar surface area (TPSA) is 127 Å². The van der Waals surface area contributed by atoms with Gasteiger partial charge in [0.2, 0.25) is 0 Å². The van der Waals surface area contributed by atoms with E-state index in [4.69, 9.17) is 4.74 Å². The van der Waals surface area contributed by atoms with Crippen LogP contribution >= 0.6 is 0 Å². The number of nitro groups is 1. The number of carbonyl (C=O) groups is 1. The number of anilines is 2. The van der Waals surface area contributed by atoms with Gasteiger partial charge in [0.05, 0.1) is 5.69 Å². The predicted octanol–water partition coefficient (Wildman–Crippen LogP) is 2.93. The van der Waals surface area contributed by atoms with Crippen molar-refractivity contribution in [1.29, 1.82) is 0 Å². The summed E-state index contributed by atoms with van der Waals surface area (Å²) in [6.45, 7) is 2.22. The minimum absolute atomic E-state index is 0.188. The van der Waals surface area contributed by atoms with Gasteiger partial charge in [0.25, 0.3) is 0 Å². The average molecular weight is 421 g/mol. The van der Waals surface area contributed by atoms with E-state index < -0.39 is 4.92 Å². The number of urea groups is 1. The van der Waals surface area contributed by atoms with Gasteiger partial charge in [-0.15, -0.1) is 0 Å². The number of piperazine rings is 1. The molecule has 11 heteroatoms. The van der Waals surface area contributed by atoms with E-state index in [1.54, 1.807) is 53.7 Å². The lowest BCUT2D eigenvalue weighted by Gasteiger charge is -2.35. The van der Waals surface area contributed by atoms with Crippen molar-refractivity contribution in [2.45, 2.75) is 0 Å². The molecule has 1 aromatic carbocycles. The number of aromatic nitrogens is 3. The molecule has 3 aromatic rings. The monoisotopic (exact) mass is 421 g/mol. The van der Waals surface area contributed by atoms with Crippen LogP contribution in [-0.4, -0.2) is 57.0 Å². The highest BCUT2D eigenvalue weighted by atomic mass is 16.6. The fourth-order valence-corrected chi connectivity index (χ4v) is 3.12. The summed E-state index contributed by atoms with van der Waals surface area (Å²) >= 11 is 0. The fraction of sp³-hybridized carbons (Fsp3) is 0.200. The van der Waals surface area contributed by atoms with E-state index in [0.717, 1.165) is 5.69 Å². The molecule has 0 radical (unpaired) electrons. The molecule has 0 saturated carbocycles. The molecule has 1 saturated heterocycles. The molecule has 1 N–H and O–H groups in total. The van der Waals surface area contributed by atoms with E-state index in [2.05, 4.69) is 20.3 Å². The number of nitrogens with zero attached hydrogens (tertiary/aromatic N) is 6. The summed E-state index contributed by atoms with van der Waals surface area (Å²) in [4.78, 5) is 38.5. The lowest BCUT2D eigenvalue weighted by Crippen LogP contribution is -2.50. The first-order valence-corrected chi connectivity index (χ1v) is 9.55. The number of nitrogens with one attached hydrogen (secondary N) is 1. The highest BCUT2D eigenvalue weighted by Crippen LogP contribution is 2.22. The molecule has 11 nitrogen and oxygen atoms in total. The number of rotatable bonds is 5. The Bertz CT molecular complexity index is 1050. The van der Waals surface area contributed by atoms with E-state index >= 15 is 0 Å². The molecule has 1 aliphatic heterocycles. The van der Waals surface area contributed by atoms with Crippen LogP contribution in [-0.2, 0) is 0 Å². The van der Waals surface area contributed by atoms with Gasteiger partial charge in [-0.05, 0) is 34.2 Å². The van der Waals surface area contributed by atoms with Crippen molar-refractivity contribution >= 4 is 23.2 Å². The van der Waals surface area contributed by atoms with Crippen LogP contribution in [0.5, 0.6) is 11.8 Å². The molecular formula is C20H19N7O4. The molecule has 0 aliphatic carbocycles. The first kappa shape index (κ1) is 20.0. The maximum atomic E-state index is 12.6. The van der Waals surface area contributed by atoms with Gasteiger partial charge in [-0.1, -0.05) is 6.07 Å². The van der Waals surface area contributed by atoms with Crippen molar-refractivity contribution in [2.24, 2.45) is 0 Å². The van der Waals surface area contributed by atoms with Gasteiger partial charge in [-0.3, -0.25) is 0 Å². The van der Waals surface area contributed by atoms with Crippen molar-refractivity contribution in [3.8, 4) is 11.8 Å². The Morgan fingerprint density at radius 2 is 1.81 bits per heavy atom. The summed E-state index contributed by atoms with van der Waals surface area (Å²) in [5.41, 5.74) is 1.39. The molecule has 0 spiro atoms. The Labute approximate surface area is 177 Å². The molecular weight excluding hydrogens is 402 g/mol. The third-order valence-corrected chi connectivity index (χ3v) is 4.69. The number of carbonyl (C=O) groups excluding carboxylic acids is 1. The van der Waals surface area contributed by atoms with Crippen LogP contribution < -0.4 is 15.0 Å². The minimum atomic E-state index is -0.529. The van der Waals surface area contributed by atoms with Crippen LogP contribution in [0.3, 0.4) is 0 Å². The lowest BCUT2D eigenvalue weighted by molar-refractivity contribution is -0.389. The van der Waals surface area contributed by atoms with Gasteiger partial charge < -0.3 is 30.0 Å². The Balaban J connectivity index is 1.32. The predicted molar refractivity (Wildman–Crippen MR) is 112 cm³/mol. The summed E-state index contributed by atoms with van der Waals surface area (Å²) in [7, 11) is 0. The molecule has 2 amide bonds. The van der Waals surface area contributed by atoms with Crippen LogP contribution in [0, 0.1) is 10.1 Å². The zero-order valence-corrected chi connectivity index (χ0v) is 16.4. The first-order valence-electron chi connectivity index (χ1n) is 9.55. The summed E-state index contributed by atoms with van der Waals surface area (Å²) in [6.07, 6.45) is 4.65.